The van der Waals surface area contributed by atoms with Gasteiger partial charge >= 0.3 is 0 Å². The smallest absolute Gasteiger partial charge is 0.00766 e. The second-order valence-corrected chi connectivity index (χ2v) is 4.33. The highest BCUT2D eigenvalue weighted by molar-refractivity contribution is 4.73. The van der Waals surface area contributed by atoms with Crippen molar-refractivity contribution < 1.29 is 0 Å². The van der Waals surface area contributed by atoms with Gasteiger partial charge in [-0.3, -0.25) is 0 Å². The predicted octanol–water partition coefficient (Wildman–Crippen LogP) is 1.86. The van der Waals surface area contributed by atoms with E-state index in [0.717, 1.165) is 12.1 Å². The molecule has 0 aromatic rings. The highest BCUT2D eigenvalue weighted by Gasteiger charge is 2.14. The molecule has 0 aliphatic carbocycles. The monoisotopic (exact) mass is 184 g/mol. The van der Waals surface area contributed by atoms with Gasteiger partial charge in [-0.1, -0.05) is 6.92 Å². The third-order valence-electron chi connectivity index (χ3n) is 3.04. The van der Waals surface area contributed by atoms with E-state index >= 15 is 0 Å². The molecule has 0 bridgehead atoms. The standard InChI is InChI=1S/C11H24N2/c1-4-11-6-9-13(10(2)3)8-5-7-12-11/h10-12H,4-9H2,1-3H3. The SMILES string of the molecule is CCC1CCN(C(C)C)CCCN1. The average Bonchev–Trinajstić information content (AvgIpc) is 2.03. The fourth-order valence-electron chi connectivity index (χ4n) is 1.99. The summed E-state index contributed by atoms with van der Waals surface area (Å²) >= 11 is 0. The topological polar surface area (TPSA) is 15.3 Å². The zero-order chi connectivity index (χ0) is 9.68. The molecule has 1 fully saturated rings. The van der Waals surface area contributed by atoms with Crippen LogP contribution in [0.4, 0.5) is 0 Å². The van der Waals surface area contributed by atoms with Crippen LogP contribution in [0, 0.1) is 0 Å². The van der Waals surface area contributed by atoms with Gasteiger partial charge in [0.2, 0.25) is 0 Å². The predicted molar refractivity (Wildman–Crippen MR) is 58.0 cm³/mol. The van der Waals surface area contributed by atoms with Gasteiger partial charge in [0.15, 0.2) is 0 Å². The van der Waals surface area contributed by atoms with Crippen LogP contribution in [0.3, 0.4) is 0 Å². The summed E-state index contributed by atoms with van der Waals surface area (Å²) < 4.78 is 0. The van der Waals surface area contributed by atoms with Gasteiger partial charge in [-0.15, -0.1) is 0 Å². The molecule has 2 heteroatoms. The van der Waals surface area contributed by atoms with Crippen LogP contribution < -0.4 is 5.32 Å². The van der Waals surface area contributed by atoms with Gasteiger partial charge in [-0.05, 0) is 52.7 Å². The summed E-state index contributed by atoms with van der Waals surface area (Å²) in [5, 5.41) is 3.60. The van der Waals surface area contributed by atoms with E-state index in [9.17, 15) is 0 Å². The van der Waals surface area contributed by atoms with Crippen LogP contribution in [-0.4, -0.2) is 36.6 Å². The van der Waals surface area contributed by atoms with E-state index in [1.54, 1.807) is 0 Å². The van der Waals surface area contributed by atoms with E-state index in [1.807, 2.05) is 0 Å². The van der Waals surface area contributed by atoms with Crippen molar-refractivity contribution in [3.63, 3.8) is 0 Å². The Labute approximate surface area is 82.7 Å². The lowest BCUT2D eigenvalue weighted by Crippen LogP contribution is -2.42. The lowest BCUT2D eigenvalue weighted by molar-refractivity contribution is 0.191. The van der Waals surface area contributed by atoms with E-state index in [0.29, 0.717) is 0 Å². The van der Waals surface area contributed by atoms with Crippen LogP contribution in [0.5, 0.6) is 0 Å². The lowest BCUT2D eigenvalue weighted by atomic mass is 10.1. The molecular weight excluding hydrogens is 160 g/mol. The van der Waals surface area contributed by atoms with Crippen molar-refractivity contribution in [3.8, 4) is 0 Å². The van der Waals surface area contributed by atoms with Crippen LogP contribution in [0.25, 0.3) is 0 Å². The van der Waals surface area contributed by atoms with Gasteiger partial charge in [-0.2, -0.15) is 0 Å². The summed E-state index contributed by atoms with van der Waals surface area (Å²) in [5.41, 5.74) is 0. The molecule has 0 amide bonds. The molecule has 0 saturated carbocycles. The van der Waals surface area contributed by atoms with E-state index < -0.39 is 0 Å². The molecular formula is C11H24N2. The van der Waals surface area contributed by atoms with Crippen molar-refractivity contribution in [3.05, 3.63) is 0 Å². The quantitative estimate of drug-likeness (QED) is 0.704. The Morgan fingerprint density at radius 2 is 2.15 bits per heavy atom. The Morgan fingerprint density at radius 3 is 2.77 bits per heavy atom. The normalized spacial score (nSPS) is 27.2. The molecule has 0 aromatic carbocycles. The molecule has 1 aliphatic rings. The minimum atomic E-state index is 0.718. The minimum absolute atomic E-state index is 0.718. The first-order valence-corrected chi connectivity index (χ1v) is 5.71. The summed E-state index contributed by atoms with van der Waals surface area (Å²) in [7, 11) is 0. The van der Waals surface area contributed by atoms with E-state index in [-0.39, 0.29) is 0 Å². The van der Waals surface area contributed by atoms with Gasteiger partial charge in [0.25, 0.3) is 0 Å². The van der Waals surface area contributed by atoms with Crippen LogP contribution in [-0.2, 0) is 0 Å². The second kappa shape index (κ2) is 5.61. The molecule has 1 rings (SSSR count). The van der Waals surface area contributed by atoms with Crippen LogP contribution in [0.15, 0.2) is 0 Å². The summed E-state index contributed by atoms with van der Waals surface area (Å²) in [4.78, 5) is 2.60. The van der Waals surface area contributed by atoms with Crippen LogP contribution in [0.1, 0.15) is 40.0 Å². The van der Waals surface area contributed by atoms with E-state index in [1.165, 1.54) is 38.9 Å². The average molecular weight is 184 g/mol. The highest BCUT2D eigenvalue weighted by Crippen LogP contribution is 2.07. The summed E-state index contributed by atoms with van der Waals surface area (Å²) in [6.45, 7) is 10.6. The third kappa shape index (κ3) is 3.65. The number of nitrogens with zero attached hydrogens (tertiary/aromatic N) is 1. The Balaban J connectivity index is 2.35. The summed E-state index contributed by atoms with van der Waals surface area (Å²) in [5.74, 6) is 0. The van der Waals surface area contributed by atoms with Gasteiger partial charge < -0.3 is 10.2 Å². The van der Waals surface area contributed by atoms with E-state index in [4.69, 9.17) is 0 Å². The van der Waals surface area contributed by atoms with Gasteiger partial charge in [-0.25, -0.2) is 0 Å². The minimum Gasteiger partial charge on any atom is -0.314 e. The highest BCUT2D eigenvalue weighted by atomic mass is 15.2. The van der Waals surface area contributed by atoms with Crippen LogP contribution in [0.2, 0.25) is 0 Å². The van der Waals surface area contributed by atoms with Crippen molar-refractivity contribution in [1.29, 1.82) is 0 Å². The number of hydrogen-bond acceptors (Lipinski definition) is 2. The fraction of sp³-hybridized carbons (Fsp3) is 1.00. The number of nitrogens with one attached hydrogen (secondary N) is 1. The molecule has 1 N–H and O–H groups in total. The fourth-order valence-corrected chi connectivity index (χ4v) is 1.99. The maximum Gasteiger partial charge on any atom is 0.00766 e. The second-order valence-electron chi connectivity index (χ2n) is 4.33. The molecule has 1 aliphatic heterocycles. The van der Waals surface area contributed by atoms with Crippen molar-refractivity contribution >= 4 is 0 Å². The Hall–Kier alpha value is -0.0800. The summed E-state index contributed by atoms with van der Waals surface area (Å²) in [6.07, 6.45) is 3.88. The van der Waals surface area contributed by atoms with Crippen molar-refractivity contribution in [2.24, 2.45) is 0 Å². The molecule has 1 unspecified atom stereocenters. The third-order valence-corrected chi connectivity index (χ3v) is 3.04. The molecule has 1 saturated heterocycles. The Kier molecular flexibility index (Phi) is 4.74. The zero-order valence-electron chi connectivity index (χ0n) is 9.34. The van der Waals surface area contributed by atoms with Crippen molar-refractivity contribution in [2.75, 3.05) is 19.6 Å². The van der Waals surface area contributed by atoms with Crippen molar-refractivity contribution in [2.45, 2.75) is 52.1 Å². The lowest BCUT2D eigenvalue weighted by Gasteiger charge is -2.31. The molecule has 1 heterocycles. The first-order valence-electron chi connectivity index (χ1n) is 5.71. The summed E-state index contributed by atoms with van der Waals surface area (Å²) in [6, 6.07) is 1.47. The first kappa shape index (κ1) is 11.0. The molecule has 78 valence electrons. The Morgan fingerprint density at radius 1 is 1.38 bits per heavy atom. The van der Waals surface area contributed by atoms with Crippen molar-refractivity contribution in [1.82, 2.24) is 10.2 Å². The molecule has 2 nitrogen and oxygen atoms in total. The van der Waals surface area contributed by atoms with Crippen LogP contribution >= 0.6 is 0 Å². The van der Waals surface area contributed by atoms with E-state index in [2.05, 4.69) is 31.0 Å². The molecule has 0 aromatic heterocycles. The van der Waals surface area contributed by atoms with Gasteiger partial charge in [0.05, 0.1) is 0 Å². The molecule has 0 radical (unpaired) electrons. The van der Waals surface area contributed by atoms with Gasteiger partial charge in [0.1, 0.15) is 0 Å². The maximum absolute atomic E-state index is 3.60. The molecule has 0 spiro atoms. The van der Waals surface area contributed by atoms with Gasteiger partial charge in [0, 0.05) is 12.1 Å². The molecule has 13 heavy (non-hydrogen) atoms. The number of rotatable bonds is 2. The number of hydrogen-bond donors (Lipinski definition) is 1. The first-order chi connectivity index (χ1) is 6.24. The Bertz CT molecular complexity index is 134. The maximum atomic E-state index is 3.60. The zero-order valence-corrected chi connectivity index (χ0v) is 9.34. The largest absolute Gasteiger partial charge is 0.314 e. The molecule has 1 atom stereocenters.